The summed E-state index contributed by atoms with van der Waals surface area (Å²) in [7, 11) is -3.45. The normalized spacial score (nSPS) is 11.4. The van der Waals surface area contributed by atoms with Gasteiger partial charge in [0.25, 0.3) is 0 Å². The van der Waals surface area contributed by atoms with E-state index in [1.165, 1.54) is 30.5 Å². The number of benzene rings is 2. The molecule has 0 atom stereocenters. The number of sulfonamides is 1. The van der Waals surface area contributed by atoms with E-state index in [4.69, 9.17) is 4.74 Å². The van der Waals surface area contributed by atoms with Gasteiger partial charge in [0.15, 0.2) is 11.6 Å². The summed E-state index contributed by atoms with van der Waals surface area (Å²) in [5, 5.41) is 2.71. The second-order valence-electron chi connectivity index (χ2n) is 7.20. The first-order valence-electron chi connectivity index (χ1n) is 10.2. The number of hydrogen-bond acceptors (Lipinski definition) is 5. The second-order valence-corrected chi connectivity index (χ2v) is 9.04. The minimum Gasteiger partial charge on any atom is -0.453 e. The Bertz CT molecular complexity index is 1260. The van der Waals surface area contributed by atoms with Crippen molar-refractivity contribution < 1.29 is 22.3 Å². The molecule has 0 radical (unpaired) electrons. The van der Waals surface area contributed by atoms with Gasteiger partial charge in [-0.15, -0.1) is 0 Å². The molecule has 0 saturated heterocycles. The molecular formula is C24H24FN3O4S. The van der Waals surface area contributed by atoms with Crippen LogP contribution in [0.4, 0.5) is 15.8 Å². The Morgan fingerprint density at radius 2 is 1.94 bits per heavy atom. The fraction of sp³-hybridized carbons (Fsp3) is 0.167. The first kappa shape index (κ1) is 23.9. The van der Waals surface area contributed by atoms with Gasteiger partial charge < -0.3 is 10.1 Å². The third kappa shape index (κ3) is 6.88. The molecule has 1 amide bonds. The lowest BCUT2D eigenvalue weighted by Gasteiger charge is -2.13. The van der Waals surface area contributed by atoms with Crippen molar-refractivity contribution in [1.82, 2.24) is 4.98 Å². The standard InChI is InChI=1S/C24H24FN3O4S/c1-3-14-33(30,31)28-22-8-4-7-21(17(22)2)27-24(29)12-10-18-9-11-23(20(25)15-18)32-19-6-5-13-26-16-19/h4-13,15-16,28H,3,14H2,1-2H3,(H,27,29)/b12-10+. The first-order chi connectivity index (χ1) is 15.8. The van der Waals surface area contributed by atoms with Crippen molar-refractivity contribution in [3.05, 3.63) is 83.9 Å². The van der Waals surface area contributed by atoms with E-state index < -0.39 is 21.7 Å². The Balaban J connectivity index is 1.67. The molecule has 9 heteroatoms. The van der Waals surface area contributed by atoms with E-state index in [-0.39, 0.29) is 11.5 Å². The van der Waals surface area contributed by atoms with Gasteiger partial charge in [0.05, 0.1) is 17.6 Å². The van der Waals surface area contributed by atoms with Gasteiger partial charge in [-0.05, 0) is 66.9 Å². The zero-order valence-corrected chi connectivity index (χ0v) is 19.0. The molecule has 3 rings (SSSR count). The fourth-order valence-corrected chi connectivity index (χ4v) is 4.15. The SMILES string of the molecule is CCCS(=O)(=O)Nc1cccc(NC(=O)/C=C/c2ccc(Oc3cccnc3)c(F)c2)c1C. The summed E-state index contributed by atoms with van der Waals surface area (Å²) < 4.78 is 46.4. The van der Waals surface area contributed by atoms with Crippen molar-refractivity contribution in [3.8, 4) is 11.5 Å². The van der Waals surface area contributed by atoms with E-state index in [1.807, 2.05) is 0 Å². The zero-order chi connectivity index (χ0) is 23.8. The number of anilines is 2. The number of nitrogens with one attached hydrogen (secondary N) is 2. The molecule has 0 bridgehead atoms. The number of pyridine rings is 1. The van der Waals surface area contributed by atoms with E-state index in [0.29, 0.717) is 34.7 Å². The fourth-order valence-electron chi connectivity index (χ4n) is 2.95. The third-order valence-electron chi connectivity index (χ3n) is 4.58. The number of aromatic nitrogens is 1. The van der Waals surface area contributed by atoms with E-state index in [2.05, 4.69) is 15.0 Å². The van der Waals surface area contributed by atoms with Crippen LogP contribution in [0.1, 0.15) is 24.5 Å². The van der Waals surface area contributed by atoms with Gasteiger partial charge in [0.2, 0.25) is 15.9 Å². The number of rotatable bonds is 9. The molecule has 0 aliphatic rings. The lowest BCUT2D eigenvalue weighted by atomic mass is 10.1. The van der Waals surface area contributed by atoms with Crippen LogP contribution in [0.25, 0.3) is 6.08 Å². The van der Waals surface area contributed by atoms with Crippen LogP contribution in [0.5, 0.6) is 11.5 Å². The van der Waals surface area contributed by atoms with Crippen LogP contribution in [-0.2, 0) is 14.8 Å². The molecule has 2 aromatic carbocycles. The quantitative estimate of drug-likeness (QED) is 0.424. The van der Waals surface area contributed by atoms with Gasteiger partial charge in [0.1, 0.15) is 5.75 Å². The van der Waals surface area contributed by atoms with Gasteiger partial charge in [-0.3, -0.25) is 14.5 Å². The minimum atomic E-state index is -3.45. The Morgan fingerprint density at radius 3 is 2.64 bits per heavy atom. The maximum atomic E-state index is 14.4. The molecule has 0 fully saturated rings. The summed E-state index contributed by atoms with van der Waals surface area (Å²) in [6, 6.07) is 12.6. The van der Waals surface area contributed by atoms with Crippen LogP contribution >= 0.6 is 0 Å². The van der Waals surface area contributed by atoms with Crippen molar-refractivity contribution in [2.75, 3.05) is 15.8 Å². The number of amides is 1. The van der Waals surface area contributed by atoms with Crippen molar-refractivity contribution in [2.24, 2.45) is 0 Å². The monoisotopic (exact) mass is 469 g/mol. The van der Waals surface area contributed by atoms with Crippen LogP contribution in [-0.4, -0.2) is 25.1 Å². The maximum absolute atomic E-state index is 14.4. The lowest BCUT2D eigenvalue weighted by molar-refractivity contribution is -0.111. The first-order valence-corrected chi connectivity index (χ1v) is 11.9. The van der Waals surface area contributed by atoms with Crippen molar-refractivity contribution in [2.45, 2.75) is 20.3 Å². The van der Waals surface area contributed by atoms with Crippen LogP contribution in [0, 0.1) is 12.7 Å². The van der Waals surface area contributed by atoms with Gasteiger partial charge in [-0.2, -0.15) is 0 Å². The van der Waals surface area contributed by atoms with Gasteiger partial charge in [-0.1, -0.05) is 19.1 Å². The molecule has 0 aliphatic heterocycles. The van der Waals surface area contributed by atoms with E-state index in [0.717, 1.165) is 0 Å². The molecule has 3 aromatic rings. The smallest absolute Gasteiger partial charge is 0.248 e. The molecule has 7 nitrogen and oxygen atoms in total. The highest BCUT2D eigenvalue weighted by molar-refractivity contribution is 7.92. The Kier molecular flexibility index (Phi) is 7.78. The van der Waals surface area contributed by atoms with Crippen LogP contribution in [0.15, 0.2) is 67.0 Å². The molecular weight excluding hydrogens is 445 g/mol. The molecule has 1 aromatic heterocycles. The van der Waals surface area contributed by atoms with Crippen LogP contribution in [0.2, 0.25) is 0 Å². The average Bonchev–Trinajstić information content (AvgIpc) is 2.77. The molecule has 0 unspecified atom stereocenters. The van der Waals surface area contributed by atoms with E-state index in [1.54, 1.807) is 56.4 Å². The van der Waals surface area contributed by atoms with Crippen molar-refractivity contribution >= 4 is 33.4 Å². The number of nitrogens with zero attached hydrogens (tertiary/aromatic N) is 1. The van der Waals surface area contributed by atoms with Crippen molar-refractivity contribution in [1.29, 1.82) is 0 Å². The molecule has 172 valence electrons. The van der Waals surface area contributed by atoms with Gasteiger partial charge >= 0.3 is 0 Å². The topological polar surface area (TPSA) is 97.4 Å². The number of carbonyl (C=O) groups excluding carboxylic acids is 1. The summed E-state index contributed by atoms with van der Waals surface area (Å²) in [4.78, 5) is 16.3. The van der Waals surface area contributed by atoms with Crippen LogP contribution < -0.4 is 14.8 Å². The number of halogens is 1. The van der Waals surface area contributed by atoms with Gasteiger partial charge in [-0.25, -0.2) is 12.8 Å². The summed E-state index contributed by atoms with van der Waals surface area (Å²) in [6.45, 7) is 3.49. The van der Waals surface area contributed by atoms with E-state index >= 15 is 0 Å². The lowest BCUT2D eigenvalue weighted by Crippen LogP contribution is -2.17. The Labute approximate surface area is 192 Å². The minimum absolute atomic E-state index is 0.00832. The third-order valence-corrected chi connectivity index (χ3v) is 6.05. The summed E-state index contributed by atoms with van der Waals surface area (Å²) in [5.41, 5.74) is 1.92. The molecule has 0 spiro atoms. The molecule has 2 N–H and O–H groups in total. The number of hydrogen-bond donors (Lipinski definition) is 2. The number of carbonyl (C=O) groups is 1. The maximum Gasteiger partial charge on any atom is 0.248 e. The zero-order valence-electron chi connectivity index (χ0n) is 18.2. The predicted octanol–water partition coefficient (Wildman–Crippen LogP) is 5.13. The highest BCUT2D eigenvalue weighted by Gasteiger charge is 2.13. The van der Waals surface area contributed by atoms with Crippen LogP contribution in [0.3, 0.4) is 0 Å². The molecule has 1 heterocycles. The second kappa shape index (κ2) is 10.7. The Hall–Kier alpha value is -3.72. The molecule has 0 saturated carbocycles. The van der Waals surface area contributed by atoms with Crippen molar-refractivity contribution in [3.63, 3.8) is 0 Å². The number of ether oxygens (including phenoxy) is 1. The Morgan fingerprint density at radius 1 is 1.15 bits per heavy atom. The average molecular weight is 470 g/mol. The predicted molar refractivity (Wildman–Crippen MR) is 127 cm³/mol. The highest BCUT2D eigenvalue weighted by atomic mass is 32.2. The highest BCUT2D eigenvalue weighted by Crippen LogP contribution is 2.26. The summed E-state index contributed by atoms with van der Waals surface area (Å²) in [6.07, 6.45) is 6.29. The summed E-state index contributed by atoms with van der Waals surface area (Å²) in [5.74, 6) is -0.558. The largest absolute Gasteiger partial charge is 0.453 e. The molecule has 0 aliphatic carbocycles. The summed E-state index contributed by atoms with van der Waals surface area (Å²) >= 11 is 0. The molecule has 33 heavy (non-hydrogen) atoms. The van der Waals surface area contributed by atoms with E-state index in [9.17, 15) is 17.6 Å². The van der Waals surface area contributed by atoms with Gasteiger partial charge in [0, 0.05) is 18.0 Å².